The Balaban J connectivity index is 1.99. The van der Waals surface area contributed by atoms with Gasteiger partial charge in [0.1, 0.15) is 0 Å². The molecule has 2 rings (SSSR count). The minimum Gasteiger partial charge on any atom is -0.366 e. The molecule has 0 bridgehead atoms. The Morgan fingerprint density at radius 2 is 1.92 bits per heavy atom. The van der Waals surface area contributed by atoms with Crippen LogP contribution in [-0.4, -0.2) is 25.0 Å². The lowest BCUT2D eigenvalue weighted by Gasteiger charge is -2.25. The van der Waals surface area contributed by atoms with Crippen LogP contribution in [0.25, 0.3) is 0 Å². The first-order valence-electron chi connectivity index (χ1n) is 8.37. The fourth-order valence-corrected chi connectivity index (χ4v) is 3.19. The molecule has 2 aromatic rings. The van der Waals surface area contributed by atoms with Crippen molar-refractivity contribution in [2.24, 2.45) is 10.7 Å². The van der Waals surface area contributed by atoms with Gasteiger partial charge in [-0.05, 0) is 36.1 Å². The smallest absolute Gasteiger partial charge is 0.248 e. The van der Waals surface area contributed by atoms with Crippen molar-refractivity contribution in [1.82, 2.24) is 10.6 Å². The molecule has 25 heavy (non-hydrogen) atoms. The standard InChI is InChI=1S/C19H26N4OS/c1-4-21-18(23-13-19(2,3)16-6-5-11-25-16)22-12-14-7-9-15(10-8-14)17(20)24/h5-11H,4,12-13H2,1-3H3,(H2,20,24)(H2,21,22,23). The number of benzene rings is 1. The number of primary amides is 1. The van der Waals surface area contributed by atoms with Crippen molar-refractivity contribution < 1.29 is 4.79 Å². The summed E-state index contributed by atoms with van der Waals surface area (Å²) in [4.78, 5) is 17.1. The lowest BCUT2D eigenvalue weighted by atomic mass is 9.91. The van der Waals surface area contributed by atoms with Crippen LogP contribution in [0, 0.1) is 0 Å². The van der Waals surface area contributed by atoms with Crippen LogP contribution in [0.2, 0.25) is 0 Å². The molecule has 0 fully saturated rings. The second kappa shape index (κ2) is 8.67. The topological polar surface area (TPSA) is 79.5 Å². The lowest BCUT2D eigenvalue weighted by molar-refractivity contribution is 0.100. The fraction of sp³-hybridized carbons (Fsp3) is 0.368. The molecular weight excluding hydrogens is 332 g/mol. The Labute approximate surface area is 153 Å². The third kappa shape index (κ3) is 5.60. The molecule has 0 radical (unpaired) electrons. The number of rotatable bonds is 7. The molecule has 0 spiro atoms. The molecule has 1 aromatic heterocycles. The van der Waals surface area contributed by atoms with Crippen LogP contribution in [0.15, 0.2) is 46.8 Å². The van der Waals surface area contributed by atoms with Gasteiger partial charge in [-0.25, -0.2) is 4.99 Å². The maximum absolute atomic E-state index is 11.1. The minimum absolute atomic E-state index is 0.0352. The molecular formula is C19H26N4OS. The molecule has 0 unspecified atom stereocenters. The van der Waals surface area contributed by atoms with E-state index in [9.17, 15) is 4.79 Å². The average molecular weight is 359 g/mol. The van der Waals surface area contributed by atoms with Gasteiger partial charge in [-0.1, -0.05) is 32.0 Å². The van der Waals surface area contributed by atoms with Gasteiger partial charge in [0.15, 0.2) is 5.96 Å². The van der Waals surface area contributed by atoms with E-state index in [-0.39, 0.29) is 5.41 Å². The van der Waals surface area contributed by atoms with E-state index in [0.717, 1.165) is 24.6 Å². The number of aliphatic imine (C=N–C) groups is 1. The van der Waals surface area contributed by atoms with E-state index in [0.29, 0.717) is 12.1 Å². The number of hydrogen-bond acceptors (Lipinski definition) is 3. The number of guanidine groups is 1. The van der Waals surface area contributed by atoms with Gasteiger partial charge in [-0.2, -0.15) is 0 Å². The molecule has 1 amide bonds. The Morgan fingerprint density at radius 1 is 1.20 bits per heavy atom. The van der Waals surface area contributed by atoms with Gasteiger partial charge < -0.3 is 16.4 Å². The van der Waals surface area contributed by atoms with Crippen LogP contribution in [0.5, 0.6) is 0 Å². The zero-order valence-electron chi connectivity index (χ0n) is 15.0. The summed E-state index contributed by atoms with van der Waals surface area (Å²) in [7, 11) is 0. The summed E-state index contributed by atoms with van der Waals surface area (Å²) >= 11 is 1.77. The van der Waals surface area contributed by atoms with Crippen molar-refractivity contribution in [3.8, 4) is 0 Å². The second-order valence-corrected chi connectivity index (χ2v) is 7.42. The highest BCUT2D eigenvalue weighted by Gasteiger charge is 2.21. The van der Waals surface area contributed by atoms with Crippen molar-refractivity contribution in [3.63, 3.8) is 0 Å². The summed E-state index contributed by atoms with van der Waals surface area (Å²) in [5.74, 6) is 0.368. The van der Waals surface area contributed by atoms with Crippen LogP contribution >= 0.6 is 11.3 Å². The number of nitrogens with one attached hydrogen (secondary N) is 2. The van der Waals surface area contributed by atoms with Gasteiger partial charge in [-0.15, -0.1) is 11.3 Å². The summed E-state index contributed by atoms with van der Waals surface area (Å²) < 4.78 is 0. The summed E-state index contributed by atoms with van der Waals surface area (Å²) in [6, 6.07) is 11.5. The Bertz CT molecular complexity index is 706. The van der Waals surface area contributed by atoms with E-state index in [1.165, 1.54) is 4.88 Å². The quantitative estimate of drug-likeness (QED) is 0.526. The van der Waals surface area contributed by atoms with Crippen LogP contribution in [0.1, 0.15) is 41.6 Å². The monoisotopic (exact) mass is 358 g/mol. The molecule has 0 saturated heterocycles. The maximum atomic E-state index is 11.1. The molecule has 0 aliphatic carbocycles. The molecule has 0 aliphatic rings. The van der Waals surface area contributed by atoms with Gasteiger partial charge in [0.05, 0.1) is 6.54 Å². The van der Waals surface area contributed by atoms with E-state index in [1.807, 2.05) is 19.1 Å². The molecule has 134 valence electrons. The van der Waals surface area contributed by atoms with E-state index in [2.05, 4.69) is 47.0 Å². The third-order valence-corrected chi connectivity index (χ3v) is 5.12. The highest BCUT2D eigenvalue weighted by atomic mass is 32.1. The minimum atomic E-state index is -0.416. The van der Waals surface area contributed by atoms with Crippen molar-refractivity contribution in [2.75, 3.05) is 13.1 Å². The summed E-state index contributed by atoms with van der Waals surface area (Å²) in [5.41, 5.74) is 6.83. The Kier molecular flexibility index (Phi) is 6.58. The van der Waals surface area contributed by atoms with Crippen LogP contribution in [0.4, 0.5) is 0 Å². The zero-order valence-corrected chi connectivity index (χ0v) is 15.8. The number of thiophene rings is 1. The first-order chi connectivity index (χ1) is 11.9. The highest BCUT2D eigenvalue weighted by molar-refractivity contribution is 7.10. The first kappa shape index (κ1) is 19.0. The second-order valence-electron chi connectivity index (χ2n) is 6.47. The van der Waals surface area contributed by atoms with Crippen molar-refractivity contribution in [2.45, 2.75) is 32.7 Å². The molecule has 0 atom stereocenters. The van der Waals surface area contributed by atoms with Gasteiger partial charge >= 0.3 is 0 Å². The molecule has 5 nitrogen and oxygen atoms in total. The number of carbonyl (C=O) groups excluding carboxylic acids is 1. The number of carbonyl (C=O) groups is 1. The average Bonchev–Trinajstić information content (AvgIpc) is 3.13. The predicted molar refractivity (Wildman–Crippen MR) is 105 cm³/mol. The number of nitrogens with zero attached hydrogens (tertiary/aromatic N) is 1. The van der Waals surface area contributed by atoms with Gasteiger partial charge in [0.2, 0.25) is 5.91 Å². The van der Waals surface area contributed by atoms with E-state index >= 15 is 0 Å². The summed E-state index contributed by atoms with van der Waals surface area (Å²) in [6.07, 6.45) is 0. The summed E-state index contributed by atoms with van der Waals surface area (Å²) in [6.45, 7) is 8.61. The van der Waals surface area contributed by atoms with Gasteiger partial charge in [0.25, 0.3) is 0 Å². The molecule has 0 saturated carbocycles. The van der Waals surface area contributed by atoms with Crippen molar-refractivity contribution in [3.05, 3.63) is 57.8 Å². The summed E-state index contributed by atoms with van der Waals surface area (Å²) in [5, 5.41) is 8.79. The Morgan fingerprint density at radius 3 is 2.48 bits per heavy atom. The maximum Gasteiger partial charge on any atom is 0.248 e. The Hall–Kier alpha value is -2.34. The van der Waals surface area contributed by atoms with Crippen molar-refractivity contribution in [1.29, 1.82) is 0 Å². The van der Waals surface area contributed by atoms with Gasteiger partial charge in [0, 0.05) is 28.9 Å². The van der Waals surface area contributed by atoms with E-state index < -0.39 is 5.91 Å². The van der Waals surface area contributed by atoms with Crippen LogP contribution < -0.4 is 16.4 Å². The molecule has 1 heterocycles. The third-order valence-electron chi connectivity index (χ3n) is 3.89. The molecule has 4 N–H and O–H groups in total. The normalized spacial score (nSPS) is 12.0. The number of hydrogen-bond donors (Lipinski definition) is 3. The molecule has 1 aromatic carbocycles. The number of amides is 1. The molecule has 6 heteroatoms. The fourth-order valence-electron chi connectivity index (χ4n) is 2.34. The number of nitrogens with two attached hydrogens (primary N) is 1. The van der Waals surface area contributed by atoms with Crippen LogP contribution in [-0.2, 0) is 12.0 Å². The SMILES string of the molecule is CCNC(=NCc1ccc(C(N)=O)cc1)NCC(C)(C)c1cccs1. The van der Waals surface area contributed by atoms with E-state index in [1.54, 1.807) is 23.5 Å². The largest absolute Gasteiger partial charge is 0.366 e. The predicted octanol–water partition coefficient (Wildman–Crippen LogP) is 2.88. The molecule has 0 aliphatic heterocycles. The van der Waals surface area contributed by atoms with E-state index in [4.69, 9.17) is 5.73 Å². The highest BCUT2D eigenvalue weighted by Crippen LogP contribution is 2.26. The van der Waals surface area contributed by atoms with Crippen LogP contribution in [0.3, 0.4) is 0 Å². The lowest BCUT2D eigenvalue weighted by Crippen LogP contribution is -2.43. The first-order valence-corrected chi connectivity index (χ1v) is 9.25. The van der Waals surface area contributed by atoms with Gasteiger partial charge in [-0.3, -0.25) is 4.79 Å². The van der Waals surface area contributed by atoms with Crippen molar-refractivity contribution >= 4 is 23.2 Å². The zero-order chi connectivity index (χ0) is 18.3.